The van der Waals surface area contributed by atoms with Crippen molar-refractivity contribution in [3.8, 4) is 12.3 Å². The Morgan fingerprint density at radius 1 is 0.895 bits per heavy atom. The lowest BCUT2D eigenvalue weighted by Gasteiger charge is -2.24. The van der Waals surface area contributed by atoms with Crippen LogP contribution in [0.25, 0.3) is 0 Å². The first kappa shape index (κ1) is 13.4. The number of hydrogen-bond acceptors (Lipinski definition) is 1. The molecule has 2 aromatic carbocycles. The topological polar surface area (TPSA) is 26.0 Å². The van der Waals surface area contributed by atoms with Crippen molar-refractivity contribution in [1.29, 1.82) is 0 Å². The smallest absolute Gasteiger partial charge is 0.0241 e. The lowest BCUT2D eigenvalue weighted by molar-refractivity contribution is 0.559. The molecule has 0 aliphatic heterocycles. The van der Waals surface area contributed by atoms with Crippen molar-refractivity contribution in [3.05, 3.63) is 71.8 Å². The Hall–Kier alpha value is -2.04. The molecule has 0 fully saturated rings. The summed E-state index contributed by atoms with van der Waals surface area (Å²) in [5.41, 5.74) is 8.87. The van der Waals surface area contributed by atoms with Crippen LogP contribution >= 0.6 is 0 Å². The molecule has 2 rings (SSSR count). The molecule has 0 aliphatic rings. The fourth-order valence-corrected chi connectivity index (χ4v) is 2.42. The van der Waals surface area contributed by atoms with Gasteiger partial charge in [0.2, 0.25) is 0 Å². The van der Waals surface area contributed by atoms with Crippen LogP contribution in [0.15, 0.2) is 60.7 Å². The minimum absolute atomic E-state index is 0.0425. The van der Waals surface area contributed by atoms with E-state index in [0.717, 1.165) is 12.8 Å². The molecule has 2 aromatic rings. The first-order valence-corrected chi connectivity index (χ1v) is 6.62. The average molecular weight is 249 g/mol. The fraction of sp³-hybridized carbons (Fsp3) is 0.222. The highest BCUT2D eigenvalue weighted by Gasteiger charge is 2.20. The lowest BCUT2D eigenvalue weighted by atomic mass is 9.83. The van der Waals surface area contributed by atoms with Gasteiger partial charge in [0.25, 0.3) is 0 Å². The molecule has 0 spiro atoms. The van der Waals surface area contributed by atoms with Crippen molar-refractivity contribution >= 4 is 0 Å². The van der Waals surface area contributed by atoms with E-state index in [1.165, 1.54) is 11.1 Å². The van der Waals surface area contributed by atoms with E-state index in [-0.39, 0.29) is 12.0 Å². The standard InChI is InChI=1S/C18H19N/c1-2-3-14-17(19)18(15-10-6-4-7-11-15)16-12-8-5-9-13-16/h1,4-13,17-18H,3,14,19H2. The number of hydrogen-bond donors (Lipinski definition) is 1. The van der Waals surface area contributed by atoms with Crippen molar-refractivity contribution in [1.82, 2.24) is 0 Å². The number of benzene rings is 2. The van der Waals surface area contributed by atoms with Gasteiger partial charge in [-0.3, -0.25) is 0 Å². The minimum atomic E-state index is 0.0425. The normalized spacial score (nSPS) is 12.1. The van der Waals surface area contributed by atoms with Gasteiger partial charge in [-0.2, -0.15) is 0 Å². The van der Waals surface area contributed by atoms with E-state index in [9.17, 15) is 0 Å². The molecule has 0 radical (unpaired) electrons. The Labute approximate surface area is 115 Å². The van der Waals surface area contributed by atoms with Crippen LogP contribution in [0, 0.1) is 12.3 Å². The van der Waals surface area contributed by atoms with Crippen molar-refractivity contribution in [3.63, 3.8) is 0 Å². The zero-order valence-electron chi connectivity index (χ0n) is 11.0. The van der Waals surface area contributed by atoms with Gasteiger partial charge in [0, 0.05) is 18.4 Å². The van der Waals surface area contributed by atoms with Crippen LogP contribution < -0.4 is 5.73 Å². The Morgan fingerprint density at radius 3 is 1.79 bits per heavy atom. The van der Waals surface area contributed by atoms with Crippen LogP contribution in [0.4, 0.5) is 0 Å². The highest BCUT2D eigenvalue weighted by Crippen LogP contribution is 2.28. The van der Waals surface area contributed by atoms with Crippen LogP contribution in [0.2, 0.25) is 0 Å². The van der Waals surface area contributed by atoms with Gasteiger partial charge in [0.05, 0.1) is 0 Å². The molecule has 1 atom stereocenters. The SMILES string of the molecule is C#CCCC(N)C(c1ccccc1)c1ccccc1. The molecule has 0 bridgehead atoms. The van der Waals surface area contributed by atoms with Crippen LogP contribution in [0.1, 0.15) is 29.9 Å². The predicted molar refractivity (Wildman–Crippen MR) is 80.8 cm³/mol. The second-order valence-electron chi connectivity index (χ2n) is 4.71. The molecule has 96 valence electrons. The molecule has 0 amide bonds. The van der Waals surface area contributed by atoms with Gasteiger partial charge in [-0.15, -0.1) is 12.3 Å². The van der Waals surface area contributed by atoms with Crippen molar-refractivity contribution in [2.24, 2.45) is 5.73 Å². The summed E-state index contributed by atoms with van der Waals surface area (Å²) in [6, 6.07) is 20.8. The van der Waals surface area contributed by atoms with Gasteiger partial charge in [0.15, 0.2) is 0 Å². The molecule has 0 aromatic heterocycles. The van der Waals surface area contributed by atoms with Crippen LogP contribution in [0.5, 0.6) is 0 Å². The molecule has 0 saturated carbocycles. The van der Waals surface area contributed by atoms with E-state index in [0.29, 0.717) is 0 Å². The molecule has 0 aliphatic carbocycles. The molecule has 19 heavy (non-hydrogen) atoms. The first-order chi connectivity index (χ1) is 9.33. The summed E-state index contributed by atoms with van der Waals surface area (Å²) in [7, 11) is 0. The summed E-state index contributed by atoms with van der Waals surface area (Å²) in [6.07, 6.45) is 6.91. The van der Waals surface area contributed by atoms with Crippen LogP contribution in [0.3, 0.4) is 0 Å². The van der Waals surface area contributed by atoms with E-state index < -0.39 is 0 Å². The van der Waals surface area contributed by atoms with E-state index in [1.54, 1.807) is 0 Å². The number of nitrogens with two attached hydrogens (primary N) is 1. The van der Waals surface area contributed by atoms with Gasteiger partial charge < -0.3 is 5.73 Å². The zero-order valence-corrected chi connectivity index (χ0v) is 11.0. The second kappa shape index (κ2) is 6.78. The summed E-state index contributed by atoms with van der Waals surface area (Å²) >= 11 is 0. The summed E-state index contributed by atoms with van der Waals surface area (Å²) in [5.74, 6) is 2.88. The van der Waals surface area contributed by atoms with Gasteiger partial charge in [0.1, 0.15) is 0 Å². The molecule has 2 N–H and O–H groups in total. The largest absolute Gasteiger partial charge is 0.327 e. The summed E-state index contributed by atoms with van der Waals surface area (Å²) in [5, 5.41) is 0. The maximum atomic E-state index is 6.37. The Morgan fingerprint density at radius 2 is 1.37 bits per heavy atom. The molecular formula is C18H19N. The van der Waals surface area contributed by atoms with Crippen LogP contribution in [-0.2, 0) is 0 Å². The molecule has 1 unspecified atom stereocenters. The van der Waals surface area contributed by atoms with Crippen molar-refractivity contribution in [2.45, 2.75) is 24.8 Å². The third kappa shape index (κ3) is 3.47. The fourth-order valence-electron chi connectivity index (χ4n) is 2.42. The quantitative estimate of drug-likeness (QED) is 0.806. The molecule has 0 saturated heterocycles. The number of terminal acetylenes is 1. The second-order valence-corrected chi connectivity index (χ2v) is 4.71. The van der Waals surface area contributed by atoms with Gasteiger partial charge >= 0.3 is 0 Å². The highest BCUT2D eigenvalue weighted by atomic mass is 14.6. The van der Waals surface area contributed by atoms with Crippen molar-refractivity contribution < 1.29 is 0 Å². The third-order valence-corrected chi connectivity index (χ3v) is 3.37. The molecule has 0 heterocycles. The Balaban J connectivity index is 2.32. The first-order valence-electron chi connectivity index (χ1n) is 6.62. The van der Waals surface area contributed by atoms with E-state index in [4.69, 9.17) is 12.2 Å². The van der Waals surface area contributed by atoms with Gasteiger partial charge in [-0.25, -0.2) is 0 Å². The number of rotatable bonds is 5. The minimum Gasteiger partial charge on any atom is -0.327 e. The lowest BCUT2D eigenvalue weighted by Crippen LogP contribution is -2.29. The van der Waals surface area contributed by atoms with Crippen molar-refractivity contribution in [2.75, 3.05) is 0 Å². The zero-order chi connectivity index (χ0) is 13.5. The maximum Gasteiger partial charge on any atom is 0.0241 e. The van der Waals surface area contributed by atoms with Crippen LogP contribution in [-0.4, -0.2) is 6.04 Å². The summed E-state index contributed by atoms with van der Waals surface area (Å²) in [6.45, 7) is 0. The van der Waals surface area contributed by atoms with E-state index in [2.05, 4.69) is 54.5 Å². The highest BCUT2D eigenvalue weighted by molar-refractivity contribution is 5.34. The molecule has 1 heteroatoms. The van der Waals surface area contributed by atoms with Gasteiger partial charge in [-0.05, 0) is 17.5 Å². The Bertz CT molecular complexity index is 485. The third-order valence-electron chi connectivity index (χ3n) is 3.37. The van der Waals surface area contributed by atoms with Gasteiger partial charge in [-0.1, -0.05) is 60.7 Å². The summed E-state index contributed by atoms with van der Waals surface area (Å²) < 4.78 is 0. The monoisotopic (exact) mass is 249 g/mol. The average Bonchev–Trinajstić information content (AvgIpc) is 2.47. The molecular weight excluding hydrogens is 230 g/mol. The Kier molecular flexibility index (Phi) is 4.78. The summed E-state index contributed by atoms with van der Waals surface area (Å²) in [4.78, 5) is 0. The predicted octanol–water partition coefficient (Wildman–Crippen LogP) is 3.56. The van der Waals surface area contributed by atoms with E-state index in [1.807, 2.05) is 12.1 Å². The van der Waals surface area contributed by atoms with E-state index >= 15 is 0 Å². The molecule has 1 nitrogen and oxygen atoms in total. The maximum absolute atomic E-state index is 6.37.